The second-order valence-corrected chi connectivity index (χ2v) is 3.73. The molecule has 1 amide bonds. The minimum atomic E-state index is -0.292. The van der Waals surface area contributed by atoms with E-state index in [1.165, 1.54) is 7.11 Å². The number of anilines is 1. The lowest BCUT2D eigenvalue weighted by Crippen LogP contribution is -2.15. The molecule has 1 heterocycles. The number of carbonyl (C=O) groups is 1. The first-order chi connectivity index (χ1) is 8.70. The van der Waals surface area contributed by atoms with Gasteiger partial charge in [0.05, 0.1) is 7.11 Å². The summed E-state index contributed by atoms with van der Waals surface area (Å²) in [5.41, 5.74) is 2.01. The predicted molar refractivity (Wildman–Crippen MR) is 67.7 cm³/mol. The molecule has 0 aliphatic carbocycles. The van der Waals surface area contributed by atoms with Crippen LogP contribution in [0.2, 0.25) is 0 Å². The summed E-state index contributed by atoms with van der Waals surface area (Å²) in [4.78, 5) is 11.9. The number of para-hydroxylation sites is 1. The molecule has 5 nitrogen and oxygen atoms in total. The van der Waals surface area contributed by atoms with Crippen molar-refractivity contribution >= 4 is 11.6 Å². The molecular formula is C13H13N3O2. The van der Waals surface area contributed by atoms with E-state index in [0.717, 1.165) is 11.3 Å². The van der Waals surface area contributed by atoms with Crippen LogP contribution < -0.4 is 10.1 Å². The van der Waals surface area contributed by atoms with Gasteiger partial charge < -0.3 is 10.1 Å². The van der Waals surface area contributed by atoms with Crippen LogP contribution in [0.4, 0.5) is 5.69 Å². The monoisotopic (exact) mass is 243 g/mol. The average molecular weight is 243 g/mol. The van der Waals surface area contributed by atoms with Crippen molar-refractivity contribution in [3.05, 3.63) is 47.7 Å². The largest absolute Gasteiger partial charge is 0.480 e. The van der Waals surface area contributed by atoms with Crippen molar-refractivity contribution in [1.29, 1.82) is 0 Å². The molecule has 1 aromatic heterocycles. The van der Waals surface area contributed by atoms with Gasteiger partial charge in [0.1, 0.15) is 0 Å². The highest BCUT2D eigenvalue weighted by atomic mass is 16.5. The lowest BCUT2D eigenvalue weighted by atomic mass is 10.2. The third-order valence-electron chi connectivity index (χ3n) is 2.48. The van der Waals surface area contributed by atoms with Crippen molar-refractivity contribution in [2.45, 2.75) is 6.92 Å². The molecule has 2 rings (SSSR count). The van der Waals surface area contributed by atoms with Crippen molar-refractivity contribution in [1.82, 2.24) is 10.2 Å². The SMILES string of the molecule is COc1ccc(C(=O)Nc2ccccc2C)nn1. The normalized spacial score (nSPS) is 9.89. The summed E-state index contributed by atoms with van der Waals surface area (Å²) in [5.74, 6) is 0.0851. The Morgan fingerprint density at radius 3 is 2.56 bits per heavy atom. The Morgan fingerprint density at radius 1 is 1.17 bits per heavy atom. The molecule has 0 aliphatic heterocycles. The van der Waals surface area contributed by atoms with Gasteiger partial charge >= 0.3 is 0 Å². The van der Waals surface area contributed by atoms with Crippen LogP contribution >= 0.6 is 0 Å². The lowest BCUT2D eigenvalue weighted by Gasteiger charge is -2.07. The van der Waals surface area contributed by atoms with Crippen LogP contribution in [0.1, 0.15) is 16.1 Å². The number of aryl methyl sites for hydroxylation is 1. The van der Waals surface area contributed by atoms with E-state index in [-0.39, 0.29) is 11.6 Å². The second kappa shape index (κ2) is 5.27. The number of benzene rings is 1. The van der Waals surface area contributed by atoms with E-state index < -0.39 is 0 Å². The van der Waals surface area contributed by atoms with E-state index in [4.69, 9.17) is 4.74 Å². The molecule has 2 aromatic rings. The summed E-state index contributed by atoms with van der Waals surface area (Å²) in [6.07, 6.45) is 0. The molecule has 0 saturated heterocycles. The Balaban J connectivity index is 2.14. The Bertz CT molecular complexity index is 552. The summed E-state index contributed by atoms with van der Waals surface area (Å²) in [7, 11) is 1.50. The van der Waals surface area contributed by atoms with Crippen molar-refractivity contribution < 1.29 is 9.53 Å². The molecule has 0 aliphatic rings. The molecule has 1 aromatic carbocycles. The first-order valence-electron chi connectivity index (χ1n) is 5.45. The number of ether oxygens (including phenoxy) is 1. The number of nitrogens with zero attached hydrogens (tertiary/aromatic N) is 2. The van der Waals surface area contributed by atoms with E-state index >= 15 is 0 Å². The van der Waals surface area contributed by atoms with Gasteiger partial charge in [0.15, 0.2) is 5.69 Å². The molecule has 1 N–H and O–H groups in total. The predicted octanol–water partition coefficient (Wildman–Crippen LogP) is 2.05. The number of hydrogen-bond donors (Lipinski definition) is 1. The fourth-order valence-corrected chi connectivity index (χ4v) is 1.45. The summed E-state index contributed by atoms with van der Waals surface area (Å²) in [5, 5.41) is 10.3. The maximum absolute atomic E-state index is 11.9. The molecule has 5 heteroatoms. The second-order valence-electron chi connectivity index (χ2n) is 3.73. The van der Waals surface area contributed by atoms with Gasteiger partial charge in [-0.05, 0) is 24.6 Å². The zero-order chi connectivity index (χ0) is 13.0. The van der Waals surface area contributed by atoms with Gasteiger partial charge in [-0.25, -0.2) is 0 Å². The van der Waals surface area contributed by atoms with Crippen molar-refractivity contribution in [3.8, 4) is 5.88 Å². The number of rotatable bonds is 3. The minimum Gasteiger partial charge on any atom is -0.480 e. The van der Waals surface area contributed by atoms with Crippen LogP contribution in [0.25, 0.3) is 0 Å². The van der Waals surface area contributed by atoms with Crippen LogP contribution in [0.15, 0.2) is 36.4 Å². The van der Waals surface area contributed by atoms with Crippen LogP contribution in [-0.4, -0.2) is 23.2 Å². The molecule has 0 spiro atoms. The molecule has 0 saturated carbocycles. The Kier molecular flexibility index (Phi) is 3.52. The number of hydrogen-bond acceptors (Lipinski definition) is 4. The van der Waals surface area contributed by atoms with E-state index in [1.807, 2.05) is 31.2 Å². The van der Waals surface area contributed by atoms with Gasteiger partial charge in [-0.2, -0.15) is 0 Å². The first kappa shape index (κ1) is 12.0. The molecule has 0 atom stereocenters. The van der Waals surface area contributed by atoms with Crippen LogP contribution in [0.5, 0.6) is 5.88 Å². The summed E-state index contributed by atoms with van der Waals surface area (Å²) >= 11 is 0. The van der Waals surface area contributed by atoms with E-state index in [0.29, 0.717) is 5.88 Å². The van der Waals surface area contributed by atoms with Gasteiger partial charge in [-0.1, -0.05) is 18.2 Å². The lowest BCUT2D eigenvalue weighted by molar-refractivity contribution is 0.102. The number of carbonyl (C=O) groups excluding carboxylic acids is 1. The average Bonchev–Trinajstić information content (AvgIpc) is 2.41. The molecule has 18 heavy (non-hydrogen) atoms. The number of nitrogens with one attached hydrogen (secondary N) is 1. The van der Waals surface area contributed by atoms with Crippen molar-refractivity contribution in [2.24, 2.45) is 0 Å². The highest BCUT2D eigenvalue weighted by Crippen LogP contribution is 2.14. The van der Waals surface area contributed by atoms with E-state index in [9.17, 15) is 4.79 Å². The summed E-state index contributed by atoms with van der Waals surface area (Å²) in [6.45, 7) is 1.93. The number of amides is 1. The van der Waals surface area contributed by atoms with E-state index in [1.54, 1.807) is 12.1 Å². The van der Waals surface area contributed by atoms with Crippen LogP contribution in [-0.2, 0) is 0 Å². The molecular weight excluding hydrogens is 230 g/mol. The maximum atomic E-state index is 11.9. The van der Waals surface area contributed by atoms with Gasteiger partial charge in [0.2, 0.25) is 5.88 Å². The standard InChI is InChI=1S/C13H13N3O2/c1-9-5-3-4-6-10(9)14-13(17)11-7-8-12(18-2)16-15-11/h3-8H,1-2H3,(H,14,17). The summed E-state index contributed by atoms with van der Waals surface area (Å²) in [6, 6.07) is 10.7. The smallest absolute Gasteiger partial charge is 0.276 e. The van der Waals surface area contributed by atoms with Gasteiger partial charge in [0, 0.05) is 11.8 Å². The van der Waals surface area contributed by atoms with E-state index in [2.05, 4.69) is 15.5 Å². The third kappa shape index (κ3) is 2.63. The highest BCUT2D eigenvalue weighted by Gasteiger charge is 2.09. The zero-order valence-corrected chi connectivity index (χ0v) is 10.2. The van der Waals surface area contributed by atoms with Gasteiger partial charge in [0.25, 0.3) is 5.91 Å². The van der Waals surface area contributed by atoms with Gasteiger partial charge in [-0.3, -0.25) is 4.79 Å². The van der Waals surface area contributed by atoms with Crippen LogP contribution in [0.3, 0.4) is 0 Å². The fraction of sp³-hybridized carbons (Fsp3) is 0.154. The Morgan fingerprint density at radius 2 is 1.94 bits per heavy atom. The first-order valence-corrected chi connectivity index (χ1v) is 5.45. The Hall–Kier alpha value is -2.43. The molecule has 0 unspecified atom stereocenters. The van der Waals surface area contributed by atoms with Crippen molar-refractivity contribution in [2.75, 3.05) is 12.4 Å². The minimum absolute atomic E-state index is 0.249. The highest BCUT2D eigenvalue weighted by molar-refractivity contribution is 6.03. The molecule has 92 valence electrons. The number of aromatic nitrogens is 2. The Labute approximate surface area is 105 Å². The van der Waals surface area contributed by atoms with Gasteiger partial charge in [-0.15, -0.1) is 10.2 Å². The topological polar surface area (TPSA) is 64.1 Å². The maximum Gasteiger partial charge on any atom is 0.276 e. The quantitative estimate of drug-likeness (QED) is 0.896. The third-order valence-corrected chi connectivity index (χ3v) is 2.48. The molecule has 0 bridgehead atoms. The molecule has 0 fully saturated rings. The number of methoxy groups -OCH3 is 1. The van der Waals surface area contributed by atoms with Crippen LogP contribution in [0, 0.1) is 6.92 Å². The summed E-state index contributed by atoms with van der Waals surface area (Å²) < 4.78 is 4.88. The van der Waals surface area contributed by atoms with Crippen molar-refractivity contribution in [3.63, 3.8) is 0 Å². The fourth-order valence-electron chi connectivity index (χ4n) is 1.45. The zero-order valence-electron chi connectivity index (χ0n) is 10.2. The molecule has 0 radical (unpaired) electrons.